The predicted octanol–water partition coefficient (Wildman–Crippen LogP) is 2.42. The van der Waals surface area contributed by atoms with E-state index < -0.39 is 0 Å². The Kier molecular flexibility index (Phi) is 7.81. The van der Waals surface area contributed by atoms with Gasteiger partial charge < -0.3 is 9.64 Å². The lowest BCUT2D eigenvalue weighted by Gasteiger charge is -2.28. The third-order valence-corrected chi connectivity index (χ3v) is 5.27. The monoisotopic (exact) mass is 322 g/mol. The Balaban J connectivity index is 1.59. The van der Waals surface area contributed by atoms with Crippen molar-refractivity contribution in [3.63, 3.8) is 0 Å². The van der Waals surface area contributed by atoms with Crippen LogP contribution in [0.25, 0.3) is 0 Å². The molecule has 2 atom stereocenters. The fourth-order valence-electron chi connectivity index (χ4n) is 3.02. The SMILES string of the molecule is CCOC(=O)[C@H]1CCC[NH+](CCCCSc2ccccc2)C1. The number of hydrogen-bond acceptors (Lipinski definition) is 3. The first kappa shape index (κ1) is 17.4. The third-order valence-electron chi connectivity index (χ3n) is 4.17. The number of nitrogens with one attached hydrogen (secondary N) is 1. The third kappa shape index (κ3) is 6.01. The number of benzene rings is 1. The van der Waals surface area contributed by atoms with Crippen LogP contribution in [0.1, 0.15) is 32.6 Å². The number of ether oxygens (including phenoxy) is 1. The van der Waals surface area contributed by atoms with Gasteiger partial charge in [-0.3, -0.25) is 4.79 Å². The topological polar surface area (TPSA) is 30.7 Å². The Bertz CT molecular complexity index is 438. The molecule has 0 radical (unpaired) electrons. The molecule has 1 aliphatic rings. The van der Waals surface area contributed by atoms with Gasteiger partial charge in [-0.2, -0.15) is 0 Å². The molecule has 1 unspecified atom stereocenters. The lowest BCUT2D eigenvalue weighted by atomic mass is 9.98. The highest BCUT2D eigenvalue weighted by Gasteiger charge is 2.29. The summed E-state index contributed by atoms with van der Waals surface area (Å²) in [5.74, 6) is 1.32. The molecular weight excluding hydrogens is 294 g/mol. The highest BCUT2D eigenvalue weighted by atomic mass is 32.2. The van der Waals surface area contributed by atoms with Crippen molar-refractivity contribution in [2.45, 2.75) is 37.5 Å². The van der Waals surface area contributed by atoms with E-state index in [0.717, 1.165) is 19.4 Å². The maximum Gasteiger partial charge on any atom is 0.314 e. The van der Waals surface area contributed by atoms with Gasteiger partial charge in [-0.05, 0) is 50.5 Å². The number of rotatable bonds is 8. The minimum absolute atomic E-state index is 0.0133. The Hall–Kier alpha value is -1.00. The summed E-state index contributed by atoms with van der Waals surface area (Å²) in [6.45, 7) is 5.74. The smallest absolute Gasteiger partial charge is 0.314 e. The number of carbonyl (C=O) groups excluding carboxylic acids is 1. The number of likely N-dealkylation sites (tertiary alicyclic amines) is 1. The minimum atomic E-state index is 0.0133. The van der Waals surface area contributed by atoms with E-state index in [9.17, 15) is 4.79 Å². The van der Waals surface area contributed by atoms with Gasteiger partial charge in [-0.1, -0.05) is 18.2 Å². The maximum atomic E-state index is 11.8. The molecule has 1 aliphatic heterocycles. The lowest BCUT2D eigenvalue weighted by Crippen LogP contribution is -3.13. The van der Waals surface area contributed by atoms with Gasteiger partial charge in [0.2, 0.25) is 0 Å². The summed E-state index contributed by atoms with van der Waals surface area (Å²) in [5, 5.41) is 0. The van der Waals surface area contributed by atoms with Crippen LogP contribution >= 0.6 is 11.8 Å². The normalized spacial score (nSPS) is 21.5. The molecule has 1 aromatic carbocycles. The van der Waals surface area contributed by atoms with Gasteiger partial charge in [0.25, 0.3) is 0 Å². The number of hydrogen-bond donors (Lipinski definition) is 1. The molecule has 0 aliphatic carbocycles. The van der Waals surface area contributed by atoms with Crippen LogP contribution in [-0.4, -0.2) is 38.0 Å². The zero-order chi connectivity index (χ0) is 15.6. The van der Waals surface area contributed by atoms with Crippen LogP contribution < -0.4 is 4.90 Å². The van der Waals surface area contributed by atoms with Crippen LogP contribution in [0.15, 0.2) is 35.2 Å². The molecule has 0 spiro atoms. The molecule has 1 saturated heterocycles. The van der Waals surface area contributed by atoms with Crippen LogP contribution in [0.3, 0.4) is 0 Å². The number of piperidine rings is 1. The standard InChI is InChI=1S/C18H27NO2S/c1-2-21-18(20)16-9-8-13-19(15-16)12-6-7-14-22-17-10-4-3-5-11-17/h3-5,10-11,16H,2,6-9,12-15H2,1H3/p+1/t16-/m0/s1. The summed E-state index contributed by atoms with van der Waals surface area (Å²) in [5.41, 5.74) is 0. The Morgan fingerprint density at radius 3 is 2.91 bits per heavy atom. The largest absolute Gasteiger partial charge is 0.466 e. The van der Waals surface area contributed by atoms with Gasteiger partial charge in [-0.15, -0.1) is 11.8 Å². The fraction of sp³-hybridized carbons (Fsp3) is 0.611. The van der Waals surface area contributed by atoms with Crippen LogP contribution in [0.4, 0.5) is 0 Å². The average molecular weight is 322 g/mol. The van der Waals surface area contributed by atoms with Gasteiger partial charge in [0.1, 0.15) is 5.92 Å². The molecule has 0 bridgehead atoms. The lowest BCUT2D eigenvalue weighted by molar-refractivity contribution is -0.907. The fourth-order valence-corrected chi connectivity index (χ4v) is 3.96. The highest BCUT2D eigenvalue weighted by Crippen LogP contribution is 2.18. The van der Waals surface area contributed by atoms with Crippen molar-refractivity contribution < 1.29 is 14.4 Å². The molecule has 22 heavy (non-hydrogen) atoms. The van der Waals surface area contributed by atoms with E-state index >= 15 is 0 Å². The van der Waals surface area contributed by atoms with Crippen molar-refractivity contribution in [1.82, 2.24) is 0 Å². The van der Waals surface area contributed by atoms with Gasteiger partial charge >= 0.3 is 5.97 Å². The van der Waals surface area contributed by atoms with Gasteiger partial charge in [0.05, 0.1) is 26.2 Å². The van der Waals surface area contributed by atoms with E-state index in [0.29, 0.717) is 6.61 Å². The summed E-state index contributed by atoms with van der Waals surface area (Å²) < 4.78 is 5.17. The van der Waals surface area contributed by atoms with E-state index in [2.05, 4.69) is 30.3 Å². The van der Waals surface area contributed by atoms with Gasteiger partial charge in [0.15, 0.2) is 0 Å². The molecule has 1 aromatic rings. The van der Waals surface area contributed by atoms with Crippen molar-refractivity contribution in [3.8, 4) is 0 Å². The summed E-state index contributed by atoms with van der Waals surface area (Å²) in [4.78, 5) is 14.8. The van der Waals surface area contributed by atoms with Crippen molar-refractivity contribution in [1.29, 1.82) is 0 Å². The minimum Gasteiger partial charge on any atom is -0.466 e. The van der Waals surface area contributed by atoms with Crippen molar-refractivity contribution >= 4 is 17.7 Å². The van der Waals surface area contributed by atoms with E-state index in [1.165, 1.54) is 36.6 Å². The summed E-state index contributed by atoms with van der Waals surface area (Å²) in [6.07, 6.45) is 4.64. The molecule has 122 valence electrons. The van der Waals surface area contributed by atoms with Gasteiger partial charge in [0, 0.05) is 4.90 Å². The number of esters is 1. The molecule has 1 fully saturated rings. The molecule has 0 amide bonds. The molecule has 4 heteroatoms. The zero-order valence-electron chi connectivity index (χ0n) is 13.6. The van der Waals surface area contributed by atoms with Crippen LogP contribution in [0, 0.1) is 5.92 Å². The first-order valence-corrected chi connectivity index (χ1v) is 9.46. The molecule has 0 saturated carbocycles. The Morgan fingerprint density at radius 1 is 1.32 bits per heavy atom. The van der Waals surface area contributed by atoms with E-state index in [-0.39, 0.29) is 11.9 Å². The maximum absolute atomic E-state index is 11.8. The van der Waals surface area contributed by atoms with Crippen molar-refractivity contribution in [2.24, 2.45) is 5.92 Å². The average Bonchev–Trinajstić information content (AvgIpc) is 2.56. The predicted molar refractivity (Wildman–Crippen MR) is 91.3 cm³/mol. The Labute approximate surface area is 138 Å². The summed E-state index contributed by atoms with van der Waals surface area (Å²) in [6, 6.07) is 10.6. The Morgan fingerprint density at radius 2 is 2.14 bits per heavy atom. The molecular formula is C18H28NO2S+. The van der Waals surface area contributed by atoms with Crippen molar-refractivity contribution in [3.05, 3.63) is 30.3 Å². The molecule has 1 heterocycles. The van der Waals surface area contributed by atoms with E-state index in [4.69, 9.17) is 4.74 Å². The number of unbranched alkanes of at least 4 members (excludes halogenated alkanes) is 1. The first-order chi connectivity index (χ1) is 10.8. The van der Waals surface area contributed by atoms with E-state index in [1.807, 2.05) is 18.7 Å². The molecule has 2 rings (SSSR count). The molecule has 3 nitrogen and oxygen atoms in total. The number of thioether (sulfide) groups is 1. The quantitative estimate of drug-likeness (QED) is 0.453. The molecule has 1 N–H and O–H groups in total. The second kappa shape index (κ2) is 9.90. The highest BCUT2D eigenvalue weighted by molar-refractivity contribution is 7.99. The van der Waals surface area contributed by atoms with E-state index in [1.54, 1.807) is 4.90 Å². The first-order valence-electron chi connectivity index (χ1n) is 8.47. The molecule has 0 aromatic heterocycles. The summed E-state index contributed by atoms with van der Waals surface area (Å²) in [7, 11) is 0. The van der Waals surface area contributed by atoms with Crippen LogP contribution in [0.2, 0.25) is 0 Å². The van der Waals surface area contributed by atoms with Crippen LogP contribution in [0.5, 0.6) is 0 Å². The number of quaternary nitrogens is 1. The van der Waals surface area contributed by atoms with Crippen LogP contribution in [-0.2, 0) is 9.53 Å². The summed E-state index contributed by atoms with van der Waals surface area (Å²) >= 11 is 1.94. The second-order valence-electron chi connectivity index (χ2n) is 5.91. The second-order valence-corrected chi connectivity index (χ2v) is 7.08. The zero-order valence-corrected chi connectivity index (χ0v) is 14.4. The number of carbonyl (C=O) groups is 1. The van der Waals surface area contributed by atoms with Crippen molar-refractivity contribution in [2.75, 3.05) is 32.0 Å². The van der Waals surface area contributed by atoms with Gasteiger partial charge in [-0.25, -0.2) is 0 Å².